The van der Waals surface area contributed by atoms with Crippen molar-refractivity contribution in [3.8, 4) is 5.69 Å². The van der Waals surface area contributed by atoms with E-state index in [1.165, 1.54) is 39.0 Å². The molecule has 0 spiro atoms. The number of hydrogen-bond donors (Lipinski definition) is 1. The first-order valence-electron chi connectivity index (χ1n) is 12.2. The lowest BCUT2D eigenvalue weighted by Gasteiger charge is -2.28. The van der Waals surface area contributed by atoms with Crippen LogP contribution in [0.15, 0.2) is 97.5 Å². The smallest absolute Gasteiger partial charge is 0.170 e. The first-order valence-corrected chi connectivity index (χ1v) is 12.6. The maximum Gasteiger partial charge on any atom is 0.170 e. The maximum atomic E-state index is 5.90. The molecule has 5 nitrogen and oxygen atoms in total. The molecular formula is C30H27N5S. The number of thiocarbonyl (C=S) groups is 1. The van der Waals surface area contributed by atoms with E-state index in [9.17, 15) is 0 Å². The average molecular weight is 490 g/mol. The fourth-order valence-electron chi connectivity index (χ4n) is 5.46. The maximum absolute atomic E-state index is 5.90. The molecule has 0 saturated carbocycles. The van der Waals surface area contributed by atoms with Crippen LogP contribution in [0.3, 0.4) is 0 Å². The molecule has 1 aliphatic heterocycles. The number of benzene rings is 2. The quantitative estimate of drug-likeness (QED) is 0.297. The minimum atomic E-state index is -0.0537. The molecule has 5 aromatic rings. The molecule has 178 valence electrons. The van der Waals surface area contributed by atoms with Crippen LogP contribution in [0, 0.1) is 13.8 Å². The van der Waals surface area contributed by atoms with Gasteiger partial charge in [0.05, 0.1) is 23.5 Å². The number of nitrogens with zero attached hydrogens (tertiary/aromatic N) is 4. The molecule has 4 heterocycles. The van der Waals surface area contributed by atoms with Gasteiger partial charge >= 0.3 is 0 Å². The van der Waals surface area contributed by atoms with Gasteiger partial charge in [-0.05, 0) is 79.0 Å². The highest BCUT2D eigenvalue weighted by Crippen LogP contribution is 2.42. The lowest BCUT2D eigenvalue weighted by molar-refractivity contribution is 0.310. The fourth-order valence-corrected chi connectivity index (χ4v) is 5.77. The normalized spacial score (nSPS) is 17.5. The van der Waals surface area contributed by atoms with Gasteiger partial charge in [0.1, 0.15) is 0 Å². The zero-order chi connectivity index (χ0) is 24.6. The summed E-state index contributed by atoms with van der Waals surface area (Å²) < 4.78 is 2.37. The third-order valence-electron chi connectivity index (χ3n) is 7.10. The summed E-state index contributed by atoms with van der Waals surface area (Å²) in [5.41, 5.74) is 7.00. The van der Waals surface area contributed by atoms with Crippen LogP contribution in [0.25, 0.3) is 16.5 Å². The Labute approximate surface area is 216 Å². The monoisotopic (exact) mass is 489 g/mol. The zero-order valence-electron chi connectivity index (χ0n) is 20.3. The van der Waals surface area contributed by atoms with Gasteiger partial charge in [-0.2, -0.15) is 0 Å². The van der Waals surface area contributed by atoms with Crippen LogP contribution >= 0.6 is 12.2 Å². The standard InChI is InChI=1S/C30H27N5S/c1-20-18-25(21(2)35(20)27-12-7-9-23-8-3-4-10-24(23)27)29-28(26-11-5-6-15-32-26)33-30(36)34(29)19-22-13-16-31-17-14-22/h3-18,28-29H,19H2,1-2H3,(H,33,36)/t28-,29-/m0/s1. The van der Waals surface area contributed by atoms with Gasteiger partial charge in [-0.1, -0.05) is 42.5 Å². The number of rotatable bonds is 5. The Morgan fingerprint density at radius 3 is 2.47 bits per heavy atom. The fraction of sp³-hybridized carbons (Fsp3) is 0.167. The van der Waals surface area contributed by atoms with Crippen molar-refractivity contribution in [2.45, 2.75) is 32.5 Å². The van der Waals surface area contributed by atoms with Crippen LogP contribution in [0.2, 0.25) is 0 Å². The molecule has 1 aliphatic rings. The largest absolute Gasteiger partial charge is 0.352 e. The molecule has 0 bridgehead atoms. The van der Waals surface area contributed by atoms with E-state index in [1.807, 2.05) is 42.9 Å². The Kier molecular flexibility index (Phi) is 5.74. The average Bonchev–Trinajstić information content (AvgIpc) is 3.39. The number of hydrogen-bond acceptors (Lipinski definition) is 3. The Morgan fingerprint density at radius 2 is 1.67 bits per heavy atom. The Hall–Kier alpha value is -4.03. The lowest BCUT2D eigenvalue weighted by atomic mass is 9.96. The van der Waals surface area contributed by atoms with E-state index in [2.05, 4.69) is 88.2 Å². The highest BCUT2D eigenvalue weighted by molar-refractivity contribution is 7.80. The minimum absolute atomic E-state index is 0.00417. The first-order chi connectivity index (χ1) is 17.6. The van der Waals surface area contributed by atoms with E-state index in [-0.39, 0.29) is 12.1 Å². The molecule has 36 heavy (non-hydrogen) atoms. The van der Waals surface area contributed by atoms with Gasteiger partial charge in [0.15, 0.2) is 5.11 Å². The minimum Gasteiger partial charge on any atom is -0.352 e. The summed E-state index contributed by atoms with van der Waals surface area (Å²) in [6.07, 6.45) is 5.51. The molecule has 1 fully saturated rings. The molecule has 3 aromatic heterocycles. The molecule has 6 heteroatoms. The third-order valence-corrected chi connectivity index (χ3v) is 7.45. The van der Waals surface area contributed by atoms with Crippen LogP contribution in [0.4, 0.5) is 0 Å². The van der Waals surface area contributed by atoms with Crippen LogP contribution in [-0.4, -0.2) is 24.5 Å². The molecule has 2 atom stereocenters. The van der Waals surface area contributed by atoms with Crippen LogP contribution in [0.5, 0.6) is 0 Å². The van der Waals surface area contributed by atoms with Crippen molar-refractivity contribution in [3.63, 3.8) is 0 Å². The third kappa shape index (κ3) is 3.84. The summed E-state index contributed by atoms with van der Waals surface area (Å²) in [6.45, 7) is 5.09. The SMILES string of the molecule is Cc1cc([C@H]2[C@H](c3ccccn3)NC(=S)N2Cc2ccncc2)c(C)n1-c1cccc2ccccc12. The molecule has 0 aliphatic carbocycles. The van der Waals surface area contributed by atoms with Gasteiger partial charge in [0.2, 0.25) is 0 Å². The van der Waals surface area contributed by atoms with E-state index >= 15 is 0 Å². The highest BCUT2D eigenvalue weighted by atomic mass is 32.1. The van der Waals surface area contributed by atoms with Gasteiger partial charge in [-0.15, -0.1) is 0 Å². The van der Waals surface area contributed by atoms with Crippen molar-refractivity contribution in [1.82, 2.24) is 24.8 Å². The van der Waals surface area contributed by atoms with Crippen LogP contribution < -0.4 is 5.32 Å². The van der Waals surface area contributed by atoms with Crippen LogP contribution in [0.1, 0.15) is 40.3 Å². The van der Waals surface area contributed by atoms with Crippen molar-refractivity contribution in [3.05, 3.63) is 126 Å². The molecule has 6 rings (SSSR count). The summed E-state index contributed by atoms with van der Waals surface area (Å²) in [7, 11) is 0. The predicted octanol–water partition coefficient (Wildman–Crippen LogP) is 6.21. The zero-order valence-corrected chi connectivity index (χ0v) is 21.1. The van der Waals surface area contributed by atoms with Gasteiger partial charge in [0, 0.05) is 41.9 Å². The topological polar surface area (TPSA) is 46.0 Å². The van der Waals surface area contributed by atoms with E-state index < -0.39 is 0 Å². The van der Waals surface area contributed by atoms with Gasteiger partial charge < -0.3 is 14.8 Å². The number of pyridine rings is 2. The summed E-state index contributed by atoms with van der Waals surface area (Å²) in [4.78, 5) is 11.2. The lowest BCUT2D eigenvalue weighted by Crippen LogP contribution is -2.29. The number of fused-ring (bicyclic) bond motifs is 1. The summed E-state index contributed by atoms with van der Waals surface area (Å²) in [5.74, 6) is 0. The van der Waals surface area contributed by atoms with Crippen molar-refractivity contribution in [2.24, 2.45) is 0 Å². The predicted molar refractivity (Wildman–Crippen MR) is 148 cm³/mol. The number of aromatic nitrogens is 3. The Bertz CT molecular complexity index is 1540. The Morgan fingerprint density at radius 1 is 0.889 bits per heavy atom. The first kappa shape index (κ1) is 22.4. The second kappa shape index (κ2) is 9.21. The molecule has 0 amide bonds. The molecule has 1 N–H and O–H groups in total. The molecular weight excluding hydrogens is 462 g/mol. The summed E-state index contributed by atoms with van der Waals surface area (Å²) in [6, 6.07) is 27.5. The molecule has 0 radical (unpaired) electrons. The van der Waals surface area contributed by atoms with Crippen LogP contribution in [-0.2, 0) is 6.54 Å². The molecule has 2 aromatic carbocycles. The van der Waals surface area contributed by atoms with E-state index in [4.69, 9.17) is 17.2 Å². The van der Waals surface area contributed by atoms with Crippen molar-refractivity contribution < 1.29 is 0 Å². The van der Waals surface area contributed by atoms with Gasteiger partial charge in [0.25, 0.3) is 0 Å². The van der Waals surface area contributed by atoms with E-state index in [0.717, 1.165) is 10.8 Å². The van der Waals surface area contributed by atoms with E-state index in [1.54, 1.807) is 0 Å². The number of nitrogens with one attached hydrogen (secondary N) is 1. The van der Waals surface area contributed by atoms with Gasteiger partial charge in [-0.3, -0.25) is 9.97 Å². The number of aryl methyl sites for hydroxylation is 1. The van der Waals surface area contributed by atoms with Gasteiger partial charge in [-0.25, -0.2) is 0 Å². The van der Waals surface area contributed by atoms with Crippen molar-refractivity contribution >= 4 is 28.1 Å². The second-order valence-electron chi connectivity index (χ2n) is 9.27. The van der Waals surface area contributed by atoms with Crippen molar-refractivity contribution in [1.29, 1.82) is 0 Å². The molecule has 1 saturated heterocycles. The summed E-state index contributed by atoms with van der Waals surface area (Å²) >= 11 is 5.90. The highest BCUT2D eigenvalue weighted by Gasteiger charge is 2.41. The van der Waals surface area contributed by atoms with Crippen molar-refractivity contribution in [2.75, 3.05) is 0 Å². The Balaban J connectivity index is 1.50. The molecule has 0 unspecified atom stereocenters. The summed E-state index contributed by atoms with van der Waals surface area (Å²) in [5, 5.41) is 6.80. The second-order valence-corrected chi connectivity index (χ2v) is 9.66. The van der Waals surface area contributed by atoms with E-state index in [0.29, 0.717) is 6.54 Å².